The topological polar surface area (TPSA) is 98.7 Å². The Kier molecular flexibility index (Phi) is 4.71. The van der Waals surface area contributed by atoms with Gasteiger partial charge in [0.05, 0.1) is 11.5 Å². The van der Waals surface area contributed by atoms with Crippen molar-refractivity contribution in [2.24, 2.45) is 11.3 Å². The van der Waals surface area contributed by atoms with E-state index in [0.29, 0.717) is 19.5 Å². The monoisotopic (exact) mass is 325 g/mol. The lowest BCUT2D eigenvalue weighted by atomic mass is 9.81. The molecule has 1 unspecified atom stereocenters. The predicted molar refractivity (Wildman–Crippen MR) is 84.9 cm³/mol. The Balaban J connectivity index is 1.96. The highest BCUT2D eigenvalue weighted by Gasteiger charge is 2.55. The summed E-state index contributed by atoms with van der Waals surface area (Å²) in [5.74, 6) is -1.06. The molecular weight excluding hydrogens is 298 g/mol. The molecular formula is C16H27N3O4. The summed E-state index contributed by atoms with van der Waals surface area (Å²) in [6.45, 7) is 8.19. The van der Waals surface area contributed by atoms with Gasteiger partial charge in [0, 0.05) is 18.6 Å². The average molecular weight is 325 g/mol. The maximum absolute atomic E-state index is 12.3. The largest absolute Gasteiger partial charge is 0.481 e. The number of rotatable bonds is 3. The van der Waals surface area contributed by atoms with Gasteiger partial charge in [-0.05, 0) is 46.5 Å². The first-order valence-corrected chi connectivity index (χ1v) is 8.15. The molecule has 2 fully saturated rings. The lowest BCUT2D eigenvalue weighted by Gasteiger charge is -2.27. The maximum Gasteiger partial charge on any atom is 0.321 e. The van der Waals surface area contributed by atoms with Crippen molar-refractivity contribution in [1.29, 1.82) is 0 Å². The van der Waals surface area contributed by atoms with Crippen LogP contribution in [0, 0.1) is 11.3 Å². The summed E-state index contributed by atoms with van der Waals surface area (Å²) in [4.78, 5) is 37.6. The number of aliphatic carboxylic acids is 1. The molecule has 3 atom stereocenters. The molecule has 0 aromatic carbocycles. The van der Waals surface area contributed by atoms with Gasteiger partial charge < -0.3 is 10.4 Å². The van der Waals surface area contributed by atoms with Crippen molar-refractivity contribution in [1.82, 2.24) is 15.5 Å². The fourth-order valence-corrected chi connectivity index (χ4v) is 3.73. The Hall–Kier alpha value is -1.63. The number of hydrogen-bond acceptors (Lipinski definition) is 4. The first-order valence-electron chi connectivity index (χ1n) is 8.15. The van der Waals surface area contributed by atoms with Gasteiger partial charge in [-0.15, -0.1) is 0 Å². The van der Waals surface area contributed by atoms with Gasteiger partial charge in [-0.1, -0.05) is 6.42 Å². The second kappa shape index (κ2) is 6.11. The molecule has 2 rings (SSSR count). The van der Waals surface area contributed by atoms with Crippen LogP contribution in [-0.4, -0.2) is 52.6 Å². The molecule has 3 amide bonds. The average Bonchev–Trinajstić information content (AvgIpc) is 2.92. The normalized spacial score (nSPS) is 29.0. The number of urea groups is 1. The van der Waals surface area contributed by atoms with Crippen molar-refractivity contribution in [3.63, 3.8) is 0 Å². The van der Waals surface area contributed by atoms with E-state index in [0.717, 1.165) is 12.8 Å². The van der Waals surface area contributed by atoms with E-state index >= 15 is 0 Å². The van der Waals surface area contributed by atoms with Crippen LogP contribution < -0.4 is 10.6 Å². The van der Waals surface area contributed by atoms with E-state index in [1.165, 1.54) is 0 Å². The second-order valence-corrected chi connectivity index (χ2v) is 7.85. The molecule has 7 heteroatoms. The van der Waals surface area contributed by atoms with E-state index in [2.05, 4.69) is 10.6 Å². The first kappa shape index (κ1) is 17.7. The standard InChI is InChI=1S/C16H27N3O4/c1-10(12(20)17-14(23)18-15(2,3)4)19-8-11-6-5-7-16(11,9-19)13(21)22/h10-11H,5-9H2,1-4H3,(H,21,22)(H2,17,18,20,23)/t10?,11-,16+/m0/s1. The van der Waals surface area contributed by atoms with Gasteiger partial charge in [0.2, 0.25) is 5.91 Å². The zero-order chi connectivity index (χ0) is 17.4. The summed E-state index contributed by atoms with van der Waals surface area (Å²) >= 11 is 0. The third-order valence-electron chi connectivity index (χ3n) is 4.98. The fraction of sp³-hybridized carbons (Fsp3) is 0.812. The van der Waals surface area contributed by atoms with Crippen LogP contribution in [0.2, 0.25) is 0 Å². The van der Waals surface area contributed by atoms with E-state index < -0.39 is 34.9 Å². The zero-order valence-corrected chi connectivity index (χ0v) is 14.3. The van der Waals surface area contributed by atoms with Crippen LogP contribution in [0.1, 0.15) is 47.0 Å². The molecule has 1 aliphatic carbocycles. The number of nitrogens with zero attached hydrogens (tertiary/aromatic N) is 1. The molecule has 1 saturated heterocycles. The van der Waals surface area contributed by atoms with Gasteiger partial charge in [-0.3, -0.25) is 19.8 Å². The molecule has 0 spiro atoms. The van der Waals surface area contributed by atoms with Gasteiger partial charge in [0.1, 0.15) is 0 Å². The number of carbonyl (C=O) groups excluding carboxylic acids is 2. The molecule has 1 aliphatic heterocycles. The number of imide groups is 1. The molecule has 1 saturated carbocycles. The van der Waals surface area contributed by atoms with E-state index in [9.17, 15) is 19.5 Å². The summed E-state index contributed by atoms with van der Waals surface area (Å²) in [5.41, 5.74) is -1.14. The number of fused-ring (bicyclic) bond motifs is 1. The second-order valence-electron chi connectivity index (χ2n) is 7.85. The number of likely N-dealkylation sites (tertiary alicyclic amines) is 1. The van der Waals surface area contributed by atoms with Crippen molar-refractivity contribution in [3.8, 4) is 0 Å². The molecule has 0 aromatic rings. The third kappa shape index (κ3) is 3.65. The third-order valence-corrected chi connectivity index (χ3v) is 4.98. The highest BCUT2D eigenvalue weighted by Crippen LogP contribution is 2.49. The molecule has 130 valence electrons. The van der Waals surface area contributed by atoms with E-state index in [1.54, 1.807) is 6.92 Å². The molecule has 2 aliphatic rings. The summed E-state index contributed by atoms with van der Waals surface area (Å²) in [7, 11) is 0. The van der Waals surface area contributed by atoms with Crippen LogP contribution in [-0.2, 0) is 9.59 Å². The maximum atomic E-state index is 12.3. The Morgan fingerprint density at radius 3 is 2.48 bits per heavy atom. The van der Waals surface area contributed by atoms with Crippen LogP contribution in [0.4, 0.5) is 4.79 Å². The Morgan fingerprint density at radius 2 is 1.96 bits per heavy atom. The molecule has 23 heavy (non-hydrogen) atoms. The highest BCUT2D eigenvalue weighted by molar-refractivity contribution is 5.97. The molecule has 7 nitrogen and oxygen atoms in total. The minimum atomic E-state index is -0.763. The van der Waals surface area contributed by atoms with Crippen LogP contribution >= 0.6 is 0 Å². The minimum Gasteiger partial charge on any atom is -0.481 e. The summed E-state index contributed by atoms with van der Waals surface area (Å²) in [6, 6.07) is -1.05. The number of carboxylic acid groups (broad SMARTS) is 1. The number of hydrogen-bond donors (Lipinski definition) is 3. The van der Waals surface area contributed by atoms with Crippen molar-refractivity contribution in [3.05, 3.63) is 0 Å². The van der Waals surface area contributed by atoms with Gasteiger partial charge in [-0.2, -0.15) is 0 Å². The van der Waals surface area contributed by atoms with E-state index in [4.69, 9.17) is 0 Å². The SMILES string of the molecule is CC(C(=O)NC(=O)NC(C)(C)C)N1C[C@@H]2CCC[C@@]2(C(=O)O)C1. The Bertz CT molecular complexity index is 514. The van der Waals surface area contributed by atoms with Gasteiger partial charge in [-0.25, -0.2) is 4.79 Å². The number of carboxylic acids is 1. The quantitative estimate of drug-likeness (QED) is 0.724. The van der Waals surface area contributed by atoms with E-state index in [-0.39, 0.29) is 5.92 Å². The Morgan fingerprint density at radius 1 is 1.30 bits per heavy atom. The van der Waals surface area contributed by atoms with Gasteiger partial charge in [0.25, 0.3) is 0 Å². The minimum absolute atomic E-state index is 0.0960. The van der Waals surface area contributed by atoms with Crippen LogP contribution in [0.3, 0.4) is 0 Å². The van der Waals surface area contributed by atoms with Gasteiger partial charge in [0.15, 0.2) is 0 Å². The van der Waals surface area contributed by atoms with Crippen LogP contribution in [0.25, 0.3) is 0 Å². The summed E-state index contributed by atoms with van der Waals surface area (Å²) in [5, 5.41) is 14.6. The molecule has 0 aromatic heterocycles. The molecule has 0 bridgehead atoms. The van der Waals surface area contributed by atoms with E-state index in [1.807, 2.05) is 25.7 Å². The zero-order valence-electron chi connectivity index (χ0n) is 14.3. The van der Waals surface area contributed by atoms with Crippen molar-refractivity contribution >= 4 is 17.9 Å². The number of amides is 3. The Labute approximate surface area is 136 Å². The lowest BCUT2D eigenvalue weighted by molar-refractivity contribution is -0.149. The summed E-state index contributed by atoms with van der Waals surface area (Å²) < 4.78 is 0. The fourth-order valence-electron chi connectivity index (χ4n) is 3.73. The van der Waals surface area contributed by atoms with Crippen molar-refractivity contribution in [2.75, 3.05) is 13.1 Å². The van der Waals surface area contributed by atoms with Crippen LogP contribution in [0.5, 0.6) is 0 Å². The summed E-state index contributed by atoms with van der Waals surface area (Å²) in [6.07, 6.45) is 2.49. The molecule has 3 N–H and O–H groups in total. The smallest absolute Gasteiger partial charge is 0.321 e. The number of carbonyl (C=O) groups is 3. The first-order chi connectivity index (χ1) is 10.5. The number of nitrogens with one attached hydrogen (secondary N) is 2. The lowest BCUT2D eigenvalue weighted by Crippen LogP contribution is -2.53. The molecule has 1 heterocycles. The van der Waals surface area contributed by atoms with Crippen molar-refractivity contribution < 1.29 is 19.5 Å². The predicted octanol–water partition coefficient (Wildman–Crippen LogP) is 1.19. The molecule has 0 radical (unpaired) electrons. The van der Waals surface area contributed by atoms with Gasteiger partial charge >= 0.3 is 12.0 Å². The van der Waals surface area contributed by atoms with Crippen LogP contribution in [0.15, 0.2) is 0 Å². The van der Waals surface area contributed by atoms with Crippen molar-refractivity contribution in [2.45, 2.75) is 58.5 Å². The highest BCUT2D eigenvalue weighted by atomic mass is 16.4.